The topological polar surface area (TPSA) is 38.0 Å². The maximum absolute atomic E-state index is 5.90. The highest BCUT2D eigenvalue weighted by atomic mass is 14.9. The molecule has 1 atom stereocenters. The quantitative estimate of drug-likeness (QED) is 0.630. The van der Waals surface area contributed by atoms with E-state index in [0.29, 0.717) is 0 Å². The first kappa shape index (κ1) is 8.32. The second-order valence-corrected chi connectivity index (χ2v) is 3.45. The first-order chi connectivity index (χ1) is 6.27. The summed E-state index contributed by atoms with van der Waals surface area (Å²) in [6.45, 7) is 3.92. The van der Waals surface area contributed by atoms with Gasteiger partial charge in [0, 0.05) is 17.4 Å². The van der Waals surface area contributed by atoms with Crippen LogP contribution in [-0.2, 0) is 6.42 Å². The van der Waals surface area contributed by atoms with Gasteiger partial charge in [0.05, 0.1) is 0 Å². The predicted octanol–water partition coefficient (Wildman–Crippen LogP) is 1.89. The van der Waals surface area contributed by atoms with Crippen molar-refractivity contribution in [3.8, 4) is 0 Å². The number of nitrogens with two attached hydrogens (primary N) is 1. The SMILES string of the molecule is C=C1Nc2ccccc2CCC1N. The number of hydrogen-bond donors (Lipinski definition) is 2. The van der Waals surface area contributed by atoms with Crippen LogP contribution < -0.4 is 11.1 Å². The standard InChI is InChI=1S/C11H14N2/c1-8-10(12)7-6-9-4-2-3-5-11(9)13-8/h2-5,10,13H,1,6-7,12H2. The molecule has 0 amide bonds. The van der Waals surface area contributed by atoms with Gasteiger partial charge in [-0.25, -0.2) is 0 Å². The number of hydrogen-bond acceptors (Lipinski definition) is 2. The molecule has 0 saturated carbocycles. The van der Waals surface area contributed by atoms with Crippen LogP contribution in [0.15, 0.2) is 36.5 Å². The van der Waals surface area contributed by atoms with Crippen LogP contribution in [0.4, 0.5) is 5.69 Å². The summed E-state index contributed by atoms with van der Waals surface area (Å²) in [7, 11) is 0. The van der Waals surface area contributed by atoms with Crippen molar-refractivity contribution in [1.82, 2.24) is 0 Å². The largest absolute Gasteiger partial charge is 0.358 e. The highest BCUT2D eigenvalue weighted by molar-refractivity contribution is 5.56. The van der Waals surface area contributed by atoms with Crippen LogP contribution in [0, 0.1) is 0 Å². The summed E-state index contributed by atoms with van der Waals surface area (Å²) in [6.07, 6.45) is 2.01. The van der Waals surface area contributed by atoms with Crippen LogP contribution in [-0.4, -0.2) is 6.04 Å². The highest BCUT2D eigenvalue weighted by Gasteiger charge is 2.14. The average Bonchev–Trinajstić information content (AvgIpc) is 2.28. The summed E-state index contributed by atoms with van der Waals surface area (Å²) >= 11 is 0. The van der Waals surface area contributed by atoms with Gasteiger partial charge in [-0.2, -0.15) is 0 Å². The van der Waals surface area contributed by atoms with Crippen molar-refractivity contribution in [2.24, 2.45) is 5.73 Å². The van der Waals surface area contributed by atoms with Crippen LogP contribution >= 0.6 is 0 Å². The molecule has 1 aliphatic heterocycles. The zero-order valence-electron chi connectivity index (χ0n) is 7.59. The van der Waals surface area contributed by atoms with Gasteiger partial charge >= 0.3 is 0 Å². The first-order valence-electron chi connectivity index (χ1n) is 4.56. The summed E-state index contributed by atoms with van der Waals surface area (Å²) in [5, 5.41) is 3.25. The van der Waals surface area contributed by atoms with Gasteiger partial charge < -0.3 is 11.1 Å². The van der Waals surface area contributed by atoms with Crippen molar-refractivity contribution in [3.63, 3.8) is 0 Å². The highest BCUT2D eigenvalue weighted by Crippen LogP contribution is 2.23. The zero-order valence-corrected chi connectivity index (χ0v) is 7.59. The van der Waals surface area contributed by atoms with Gasteiger partial charge in [0.15, 0.2) is 0 Å². The van der Waals surface area contributed by atoms with Crippen LogP contribution in [0.25, 0.3) is 0 Å². The van der Waals surface area contributed by atoms with E-state index in [-0.39, 0.29) is 6.04 Å². The van der Waals surface area contributed by atoms with Crippen molar-refractivity contribution >= 4 is 5.69 Å². The molecule has 0 aromatic heterocycles. The maximum atomic E-state index is 5.90. The lowest BCUT2D eigenvalue weighted by molar-refractivity contribution is 0.706. The lowest BCUT2D eigenvalue weighted by Crippen LogP contribution is -2.24. The Morgan fingerprint density at radius 3 is 3.00 bits per heavy atom. The van der Waals surface area contributed by atoms with Crippen LogP contribution in [0.1, 0.15) is 12.0 Å². The maximum Gasteiger partial charge on any atom is 0.0445 e. The normalized spacial score (nSPS) is 21.6. The molecule has 13 heavy (non-hydrogen) atoms. The molecule has 0 bridgehead atoms. The number of para-hydroxylation sites is 1. The Hall–Kier alpha value is -1.28. The summed E-state index contributed by atoms with van der Waals surface area (Å²) in [5.74, 6) is 0. The molecule has 1 unspecified atom stereocenters. The molecule has 1 aromatic rings. The van der Waals surface area contributed by atoms with Gasteiger partial charge in [-0.15, -0.1) is 0 Å². The van der Waals surface area contributed by atoms with E-state index >= 15 is 0 Å². The van der Waals surface area contributed by atoms with E-state index in [0.717, 1.165) is 24.2 Å². The third kappa shape index (κ3) is 1.58. The first-order valence-corrected chi connectivity index (χ1v) is 4.56. The molecule has 1 heterocycles. The van der Waals surface area contributed by atoms with E-state index in [9.17, 15) is 0 Å². The number of anilines is 1. The molecule has 68 valence electrons. The Morgan fingerprint density at radius 1 is 1.38 bits per heavy atom. The Kier molecular flexibility index (Phi) is 2.07. The van der Waals surface area contributed by atoms with E-state index < -0.39 is 0 Å². The van der Waals surface area contributed by atoms with Crippen molar-refractivity contribution < 1.29 is 0 Å². The molecule has 0 fully saturated rings. The van der Waals surface area contributed by atoms with E-state index in [4.69, 9.17) is 5.73 Å². The molecular formula is C11H14N2. The van der Waals surface area contributed by atoms with Crippen molar-refractivity contribution in [3.05, 3.63) is 42.1 Å². The van der Waals surface area contributed by atoms with Gasteiger partial charge in [0.1, 0.15) is 0 Å². The Morgan fingerprint density at radius 2 is 2.15 bits per heavy atom. The lowest BCUT2D eigenvalue weighted by atomic mass is 10.1. The second-order valence-electron chi connectivity index (χ2n) is 3.45. The van der Waals surface area contributed by atoms with E-state index in [1.54, 1.807) is 0 Å². The van der Waals surface area contributed by atoms with E-state index in [1.165, 1.54) is 5.56 Å². The van der Waals surface area contributed by atoms with Crippen LogP contribution in [0.3, 0.4) is 0 Å². The smallest absolute Gasteiger partial charge is 0.0445 e. The second kappa shape index (κ2) is 3.23. The Labute approximate surface area is 78.5 Å². The molecule has 0 aliphatic carbocycles. The van der Waals surface area contributed by atoms with E-state index in [2.05, 4.69) is 30.1 Å². The molecule has 1 aromatic carbocycles. The monoisotopic (exact) mass is 174 g/mol. The van der Waals surface area contributed by atoms with E-state index in [1.807, 2.05) is 6.07 Å². The molecular weight excluding hydrogens is 160 g/mol. The molecule has 0 radical (unpaired) electrons. The fourth-order valence-electron chi connectivity index (χ4n) is 1.61. The van der Waals surface area contributed by atoms with Crippen molar-refractivity contribution in [2.75, 3.05) is 5.32 Å². The van der Waals surface area contributed by atoms with Gasteiger partial charge in [-0.3, -0.25) is 0 Å². The third-order valence-corrected chi connectivity index (χ3v) is 2.48. The summed E-state index contributed by atoms with van der Waals surface area (Å²) in [5.41, 5.74) is 9.30. The number of nitrogens with one attached hydrogen (secondary N) is 1. The van der Waals surface area contributed by atoms with Gasteiger partial charge in [-0.05, 0) is 24.5 Å². The van der Waals surface area contributed by atoms with Gasteiger partial charge in [0.2, 0.25) is 0 Å². The molecule has 1 aliphatic rings. The third-order valence-electron chi connectivity index (χ3n) is 2.48. The van der Waals surface area contributed by atoms with Crippen LogP contribution in [0.5, 0.6) is 0 Å². The molecule has 2 heteroatoms. The Bertz CT molecular complexity index is 331. The number of aryl methyl sites for hydroxylation is 1. The van der Waals surface area contributed by atoms with Gasteiger partial charge in [0.25, 0.3) is 0 Å². The molecule has 0 saturated heterocycles. The predicted molar refractivity (Wildman–Crippen MR) is 55.5 cm³/mol. The zero-order chi connectivity index (χ0) is 9.26. The minimum Gasteiger partial charge on any atom is -0.358 e. The van der Waals surface area contributed by atoms with Crippen LogP contribution in [0.2, 0.25) is 0 Å². The fraction of sp³-hybridized carbons (Fsp3) is 0.273. The summed E-state index contributed by atoms with van der Waals surface area (Å²) < 4.78 is 0. The van der Waals surface area contributed by atoms with Crippen molar-refractivity contribution in [2.45, 2.75) is 18.9 Å². The number of rotatable bonds is 0. The van der Waals surface area contributed by atoms with Gasteiger partial charge in [-0.1, -0.05) is 24.8 Å². The molecule has 2 rings (SSSR count). The minimum absolute atomic E-state index is 0.0763. The number of benzene rings is 1. The fourth-order valence-corrected chi connectivity index (χ4v) is 1.61. The summed E-state index contributed by atoms with van der Waals surface area (Å²) in [4.78, 5) is 0. The molecule has 0 spiro atoms. The summed E-state index contributed by atoms with van der Waals surface area (Å²) in [6, 6.07) is 8.36. The number of fused-ring (bicyclic) bond motifs is 1. The lowest BCUT2D eigenvalue weighted by Gasteiger charge is -2.11. The molecule has 2 nitrogen and oxygen atoms in total. The average molecular weight is 174 g/mol. The minimum atomic E-state index is 0.0763. The molecule has 3 N–H and O–H groups in total. The Balaban J connectivity index is 2.35. The van der Waals surface area contributed by atoms with Crippen molar-refractivity contribution in [1.29, 1.82) is 0 Å².